The lowest BCUT2D eigenvalue weighted by molar-refractivity contribution is 0.623. The molecular formula is C9H17BrS. The van der Waals surface area contributed by atoms with E-state index in [1.807, 2.05) is 0 Å². The number of halogens is 1. The van der Waals surface area contributed by atoms with Gasteiger partial charge in [-0.3, -0.25) is 0 Å². The standard InChI is InChI=1S/C9H17BrS/c10-6-3-7-11-8-9-4-1-2-5-9/h9H,1-8H2. The summed E-state index contributed by atoms with van der Waals surface area (Å²) in [6.07, 6.45) is 7.31. The summed E-state index contributed by atoms with van der Waals surface area (Å²) in [5.41, 5.74) is 0. The van der Waals surface area contributed by atoms with Crippen molar-refractivity contribution in [2.45, 2.75) is 32.1 Å². The molecule has 11 heavy (non-hydrogen) atoms. The Morgan fingerprint density at radius 3 is 2.64 bits per heavy atom. The van der Waals surface area contributed by atoms with Gasteiger partial charge in [0.2, 0.25) is 0 Å². The van der Waals surface area contributed by atoms with Crippen LogP contribution in [0, 0.1) is 5.92 Å². The molecule has 0 spiro atoms. The van der Waals surface area contributed by atoms with Gasteiger partial charge in [-0.2, -0.15) is 11.8 Å². The van der Waals surface area contributed by atoms with Crippen molar-refractivity contribution in [1.82, 2.24) is 0 Å². The van der Waals surface area contributed by atoms with Gasteiger partial charge in [0, 0.05) is 5.33 Å². The largest absolute Gasteiger partial charge is 0.162 e. The van der Waals surface area contributed by atoms with Crippen LogP contribution in [0.4, 0.5) is 0 Å². The quantitative estimate of drug-likeness (QED) is 0.519. The average molecular weight is 237 g/mol. The zero-order valence-electron chi connectivity index (χ0n) is 7.02. The molecule has 1 aliphatic rings. The Balaban J connectivity index is 1.86. The van der Waals surface area contributed by atoms with Crippen LogP contribution in [-0.4, -0.2) is 16.8 Å². The summed E-state index contributed by atoms with van der Waals surface area (Å²) in [6, 6.07) is 0. The van der Waals surface area contributed by atoms with E-state index in [1.54, 1.807) is 0 Å². The van der Waals surface area contributed by atoms with Crippen LogP contribution in [0.2, 0.25) is 0 Å². The Hall–Kier alpha value is 0.830. The first kappa shape index (κ1) is 9.91. The molecule has 0 radical (unpaired) electrons. The van der Waals surface area contributed by atoms with Crippen LogP contribution in [-0.2, 0) is 0 Å². The maximum atomic E-state index is 3.45. The zero-order chi connectivity index (χ0) is 7.94. The number of rotatable bonds is 5. The summed E-state index contributed by atoms with van der Waals surface area (Å²) in [7, 11) is 0. The van der Waals surface area contributed by atoms with E-state index in [0.29, 0.717) is 0 Å². The van der Waals surface area contributed by atoms with E-state index in [-0.39, 0.29) is 0 Å². The first-order chi connectivity index (χ1) is 5.43. The summed E-state index contributed by atoms with van der Waals surface area (Å²) in [6.45, 7) is 0. The van der Waals surface area contributed by atoms with E-state index in [4.69, 9.17) is 0 Å². The van der Waals surface area contributed by atoms with Crippen molar-refractivity contribution < 1.29 is 0 Å². The minimum absolute atomic E-state index is 1.07. The number of hydrogen-bond acceptors (Lipinski definition) is 1. The van der Waals surface area contributed by atoms with Crippen LogP contribution in [0.25, 0.3) is 0 Å². The average Bonchev–Trinajstić information content (AvgIpc) is 2.50. The summed E-state index contributed by atoms with van der Waals surface area (Å²) in [5.74, 6) is 3.84. The fourth-order valence-corrected chi connectivity index (χ4v) is 3.42. The van der Waals surface area contributed by atoms with E-state index in [2.05, 4.69) is 27.7 Å². The summed E-state index contributed by atoms with van der Waals surface area (Å²) in [5, 5.41) is 1.17. The van der Waals surface area contributed by atoms with Gasteiger partial charge < -0.3 is 0 Å². The molecule has 0 N–H and O–H groups in total. The summed E-state index contributed by atoms with van der Waals surface area (Å²) in [4.78, 5) is 0. The number of hydrogen-bond donors (Lipinski definition) is 0. The van der Waals surface area contributed by atoms with Gasteiger partial charge in [-0.05, 0) is 36.7 Å². The monoisotopic (exact) mass is 236 g/mol. The molecule has 0 aromatic heterocycles. The highest BCUT2D eigenvalue weighted by atomic mass is 79.9. The molecule has 0 nitrogen and oxygen atoms in total. The zero-order valence-corrected chi connectivity index (χ0v) is 9.42. The van der Waals surface area contributed by atoms with Crippen molar-refractivity contribution in [3.05, 3.63) is 0 Å². The molecule has 1 fully saturated rings. The third-order valence-electron chi connectivity index (χ3n) is 2.25. The van der Waals surface area contributed by atoms with Crippen molar-refractivity contribution in [2.24, 2.45) is 5.92 Å². The highest BCUT2D eigenvalue weighted by Gasteiger charge is 2.13. The van der Waals surface area contributed by atoms with Crippen LogP contribution in [0.5, 0.6) is 0 Å². The lowest BCUT2D eigenvalue weighted by Gasteiger charge is -2.06. The smallest absolute Gasteiger partial charge is 0.00391 e. The maximum absolute atomic E-state index is 3.45. The second-order valence-corrected chi connectivity index (χ2v) is 5.21. The van der Waals surface area contributed by atoms with E-state index < -0.39 is 0 Å². The lowest BCUT2D eigenvalue weighted by Crippen LogP contribution is -1.97. The summed E-state index contributed by atoms with van der Waals surface area (Å²) >= 11 is 5.59. The van der Waals surface area contributed by atoms with E-state index in [0.717, 1.165) is 5.92 Å². The molecule has 1 saturated carbocycles. The molecule has 2 heteroatoms. The molecule has 66 valence electrons. The second-order valence-electron chi connectivity index (χ2n) is 3.27. The van der Waals surface area contributed by atoms with Crippen molar-refractivity contribution in [2.75, 3.05) is 16.8 Å². The third kappa shape index (κ3) is 4.41. The maximum Gasteiger partial charge on any atom is 0.00391 e. The van der Waals surface area contributed by atoms with E-state index in [1.165, 1.54) is 48.9 Å². The van der Waals surface area contributed by atoms with Crippen molar-refractivity contribution in [1.29, 1.82) is 0 Å². The molecule has 1 aliphatic carbocycles. The van der Waals surface area contributed by atoms with Crippen molar-refractivity contribution in [3.8, 4) is 0 Å². The number of thioether (sulfide) groups is 1. The molecular weight excluding hydrogens is 220 g/mol. The Bertz CT molecular complexity index is 89.6. The van der Waals surface area contributed by atoms with Gasteiger partial charge in [-0.15, -0.1) is 0 Å². The molecule has 0 amide bonds. The first-order valence-corrected chi connectivity index (χ1v) is 6.85. The van der Waals surface area contributed by atoms with Crippen molar-refractivity contribution >= 4 is 27.7 Å². The Kier molecular flexibility index (Phi) is 5.73. The van der Waals surface area contributed by atoms with Gasteiger partial charge in [0.1, 0.15) is 0 Å². The fourth-order valence-electron chi connectivity index (χ4n) is 1.58. The topological polar surface area (TPSA) is 0 Å². The minimum Gasteiger partial charge on any atom is -0.162 e. The Morgan fingerprint density at radius 1 is 1.27 bits per heavy atom. The van der Waals surface area contributed by atoms with E-state index in [9.17, 15) is 0 Å². The molecule has 0 bridgehead atoms. The fraction of sp³-hybridized carbons (Fsp3) is 1.00. The Morgan fingerprint density at radius 2 is 2.00 bits per heavy atom. The molecule has 0 saturated heterocycles. The molecule has 0 atom stereocenters. The predicted molar refractivity (Wildman–Crippen MR) is 57.7 cm³/mol. The highest BCUT2D eigenvalue weighted by molar-refractivity contribution is 9.09. The molecule has 0 heterocycles. The van der Waals surface area contributed by atoms with Crippen LogP contribution < -0.4 is 0 Å². The molecule has 0 aromatic rings. The minimum atomic E-state index is 1.07. The van der Waals surface area contributed by atoms with Crippen LogP contribution in [0.3, 0.4) is 0 Å². The van der Waals surface area contributed by atoms with Gasteiger partial charge >= 0.3 is 0 Å². The normalized spacial score (nSPS) is 19.4. The van der Waals surface area contributed by atoms with Crippen molar-refractivity contribution in [3.63, 3.8) is 0 Å². The van der Waals surface area contributed by atoms with Gasteiger partial charge in [0.15, 0.2) is 0 Å². The predicted octanol–water partition coefficient (Wildman–Crippen LogP) is 3.69. The highest BCUT2D eigenvalue weighted by Crippen LogP contribution is 2.27. The van der Waals surface area contributed by atoms with E-state index >= 15 is 0 Å². The van der Waals surface area contributed by atoms with Crippen LogP contribution >= 0.6 is 27.7 Å². The van der Waals surface area contributed by atoms with Crippen LogP contribution in [0.15, 0.2) is 0 Å². The molecule has 0 aromatic carbocycles. The third-order valence-corrected chi connectivity index (χ3v) is 4.10. The van der Waals surface area contributed by atoms with Gasteiger partial charge in [-0.25, -0.2) is 0 Å². The van der Waals surface area contributed by atoms with Gasteiger partial charge in [-0.1, -0.05) is 28.8 Å². The lowest BCUT2D eigenvalue weighted by atomic mass is 10.1. The SMILES string of the molecule is BrCCCSCC1CCCC1. The molecule has 1 rings (SSSR count). The Labute approximate surface area is 82.6 Å². The number of alkyl halides is 1. The van der Waals surface area contributed by atoms with Gasteiger partial charge in [0.05, 0.1) is 0 Å². The van der Waals surface area contributed by atoms with Crippen LogP contribution in [0.1, 0.15) is 32.1 Å². The van der Waals surface area contributed by atoms with Gasteiger partial charge in [0.25, 0.3) is 0 Å². The molecule has 0 aliphatic heterocycles. The summed E-state index contributed by atoms with van der Waals surface area (Å²) < 4.78 is 0. The molecule has 0 unspecified atom stereocenters. The second kappa shape index (κ2) is 6.36. The first-order valence-electron chi connectivity index (χ1n) is 4.57.